The molecule has 0 fully saturated rings. The topological polar surface area (TPSA) is 55.1 Å². The second kappa shape index (κ2) is 5.67. The van der Waals surface area contributed by atoms with Gasteiger partial charge in [0, 0.05) is 19.9 Å². The summed E-state index contributed by atoms with van der Waals surface area (Å²) in [7, 11) is 0. The van der Waals surface area contributed by atoms with Crippen molar-refractivity contribution in [2.75, 3.05) is 6.54 Å². The number of fused-ring (bicyclic) bond motifs is 1. The summed E-state index contributed by atoms with van der Waals surface area (Å²) in [5.41, 5.74) is 2.85. The van der Waals surface area contributed by atoms with Gasteiger partial charge in [-0.2, -0.15) is 0 Å². The third-order valence-corrected chi connectivity index (χ3v) is 2.77. The van der Waals surface area contributed by atoms with Crippen LogP contribution in [0.25, 0.3) is 11.1 Å². The number of nitrogens with zero attached hydrogens (tertiary/aromatic N) is 1. The quantitative estimate of drug-likeness (QED) is 0.882. The molecule has 1 aromatic heterocycles. The SMILES string of the molecule is CCCC(=O)NCCc1ccc2oc(C)nc2c1. The summed E-state index contributed by atoms with van der Waals surface area (Å²) in [5, 5.41) is 2.90. The summed E-state index contributed by atoms with van der Waals surface area (Å²) in [6.45, 7) is 4.51. The summed E-state index contributed by atoms with van der Waals surface area (Å²) < 4.78 is 5.42. The lowest BCUT2D eigenvalue weighted by atomic mass is 10.1. The molecule has 18 heavy (non-hydrogen) atoms. The largest absolute Gasteiger partial charge is 0.441 e. The van der Waals surface area contributed by atoms with Gasteiger partial charge < -0.3 is 9.73 Å². The fourth-order valence-corrected chi connectivity index (χ4v) is 1.91. The molecule has 2 aromatic rings. The van der Waals surface area contributed by atoms with Crippen LogP contribution in [0.2, 0.25) is 0 Å². The Hall–Kier alpha value is -1.84. The van der Waals surface area contributed by atoms with Gasteiger partial charge in [-0.25, -0.2) is 4.98 Å². The van der Waals surface area contributed by atoms with Gasteiger partial charge in [-0.1, -0.05) is 13.0 Å². The van der Waals surface area contributed by atoms with Crippen LogP contribution in [-0.2, 0) is 11.2 Å². The normalized spacial score (nSPS) is 10.8. The van der Waals surface area contributed by atoms with Gasteiger partial charge in [0.2, 0.25) is 5.91 Å². The third kappa shape index (κ3) is 3.09. The van der Waals surface area contributed by atoms with E-state index in [1.165, 1.54) is 0 Å². The van der Waals surface area contributed by atoms with Gasteiger partial charge in [-0.05, 0) is 30.5 Å². The number of carbonyl (C=O) groups is 1. The number of carbonyl (C=O) groups excluding carboxylic acids is 1. The molecule has 0 aliphatic carbocycles. The molecule has 4 nitrogen and oxygen atoms in total. The van der Waals surface area contributed by atoms with Gasteiger partial charge >= 0.3 is 0 Å². The second-order valence-electron chi connectivity index (χ2n) is 4.38. The van der Waals surface area contributed by atoms with E-state index >= 15 is 0 Å². The van der Waals surface area contributed by atoms with Crippen LogP contribution in [0.3, 0.4) is 0 Å². The van der Waals surface area contributed by atoms with Crippen molar-refractivity contribution < 1.29 is 9.21 Å². The highest BCUT2D eigenvalue weighted by Crippen LogP contribution is 2.16. The molecule has 0 aliphatic heterocycles. The van der Waals surface area contributed by atoms with Crippen LogP contribution in [0.5, 0.6) is 0 Å². The number of amides is 1. The summed E-state index contributed by atoms with van der Waals surface area (Å²) in [4.78, 5) is 15.6. The van der Waals surface area contributed by atoms with E-state index in [0.29, 0.717) is 18.9 Å². The predicted molar refractivity (Wildman–Crippen MR) is 70.4 cm³/mol. The Balaban J connectivity index is 1.93. The average Bonchev–Trinajstić information content (AvgIpc) is 2.69. The highest BCUT2D eigenvalue weighted by atomic mass is 16.3. The maximum absolute atomic E-state index is 11.3. The van der Waals surface area contributed by atoms with Crippen LogP contribution in [0.4, 0.5) is 0 Å². The Morgan fingerprint density at radius 2 is 2.28 bits per heavy atom. The van der Waals surface area contributed by atoms with Gasteiger partial charge in [0.05, 0.1) is 0 Å². The number of hydrogen-bond donors (Lipinski definition) is 1. The summed E-state index contributed by atoms with van der Waals surface area (Å²) in [6, 6.07) is 5.95. The van der Waals surface area contributed by atoms with Gasteiger partial charge in [-0.3, -0.25) is 4.79 Å². The minimum absolute atomic E-state index is 0.121. The van der Waals surface area contributed by atoms with Crippen LogP contribution in [0, 0.1) is 6.92 Å². The van der Waals surface area contributed by atoms with Crippen molar-refractivity contribution in [1.29, 1.82) is 0 Å². The van der Waals surface area contributed by atoms with Crippen molar-refractivity contribution >= 4 is 17.0 Å². The average molecular weight is 246 g/mol. The number of benzene rings is 1. The highest BCUT2D eigenvalue weighted by molar-refractivity contribution is 5.76. The van der Waals surface area contributed by atoms with E-state index in [-0.39, 0.29) is 5.91 Å². The molecular weight excluding hydrogens is 228 g/mol. The first-order valence-corrected chi connectivity index (χ1v) is 6.32. The predicted octanol–water partition coefficient (Wildman–Crippen LogP) is 2.60. The van der Waals surface area contributed by atoms with Crippen molar-refractivity contribution in [3.8, 4) is 0 Å². The standard InChI is InChI=1S/C14H18N2O2/c1-3-4-14(17)15-8-7-11-5-6-13-12(9-11)16-10(2)18-13/h5-6,9H,3-4,7-8H2,1-2H3,(H,15,17). The van der Waals surface area contributed by atoms with E-state index in [1.54, 1.807) is 0 Å². The maximum Gasteiger partial charge on any atom is 0.219 e. The number of oxazole rings is 1. The van der Waals surface area contributed by atoms with E-state index in [2.05, 4.69) is 10.3 Å². The molecule has 1 heterocycles. The lowest BCUT2D eigenvalue weighted by Gasteiger charge is -2.04. The molecular formula is C14H18N2O2. The lowest BCUT2D eigenvalue weighted by molar-refractivity contribution is -0.121. The van der Waals surface area contributed by atoms with Gasteiger partial charge in [0.25, 0.3) is 0 Å². The Labute approximate surface area is 106 Å². The summed E-state index contributed by atoms with van der Waals surface area (Å²) in [5.74, 6) is 0.800. The molecule has 1 N–H and O–H groups in total. The van der Waals surface area contributed by atoms with Gasteiger partial charge in [0.1, 0.15) is 5.52 Å². The molecule has 0 atom stereocenters. The highest BCUT2D eigenvalue weighted by Gasteiger charge is 2.04. The first-order chi connectivity index (χ1) is 8.69. The zero-order valence-electron chi connectivity index (χ0n) is 10.8. The fourth-order valence-electron chi connectivity index (χ4n) is 1.91. The van der Waals surface area contributed by atoms with E-state index in [1.807, 2.05) is 32.0 Å². The van der Waals surface area contributed by atoms with Crippen molar-refractivity contribution in [2.24, 2.45) is 0 Å². The van der Waals surface area contributed by atoms with E-state index in [4.69, 9.17) is 4.42 Å². The van der Waals surface area contributed by atoms with Crippen molar-refractivity contribution in [3.05, 3.63) is 29.7 Å². The van der Waals surface area contributed by atoms with Crippen LogP contribution in [0.1, 0.15) is 31.2 Å². The Kier molecular flexibility index (Phi) is 3.97. The molecule has 0 radical (unpaired) electrons. The molecule has 2 rings (SSSR count). The monoisotopic (exact) mass is 246 g/mol. The number of hydrogen-bond acceptors (Lipinski definition) is 3. The molecule has 96 valence electrons. The van der Waals surface area contributed by atoms with E-state index < -0.39 is 0 Å². The summed E-state index contributed by atoms with van der Waals surface area (Å²) in [6.07, 6.45) is 2.30. The molecule has 0 bridgehead atoms. The Morgan fingerprint density at radius 1 is 1.44 bits per heavy atom. The first kappa shape index (κ1) is 12.6. The molecule has 1 amide bonds. The summed E-state index contributed by atoms with van der Waals surface area (Å²) >= 11 is 0. The smallest absolute Gasteiger partial charge is 0.219 e. The van der Waals surface area contributed by atoms with Crippen LogP contribution < -0.4 is 5.32 Å². The Morgan fingerprint density at radius 3 is 3.06 bits per heavy atom. The van der Waals surface area contributed by atoms with E-state index in [0.717, 1.165) is 29.5 Å². The lowest BCUT2D eigenvalue weighted by Crippen LogP contribution is -2.25. The van der Waals surface area contributed by atoms with Crippen molar-refractivity contribution in [2.45, 2.75) is 33.1 Å². The first-order valence-electron chi connectivity index (χ1n) is 6.32. The van der Waals surface area contributed by atoms with E-state index in [9.17, 15) is 4.79 Å². The minimum Gasteiger partial charge on any atom is -0.441 e. The molecule has 0 unspecified atom stereocenters. The maximum atomic E-state index is 11.3. The third-order valence-electron chi connectivity index (χ3n) is 2.77. The molecule has 1 aromatic carbocycles. The molecule has 4 heteroatoms. The molecule has 0 saturated carbocycles. The van der Waals surface area contributed by atoms with Gasteiger partial charge in [-0.15, -0.1) is 0 Å². The number of rotatable bonds is 5. The zero-order chi connectivity index (χ0) is 13.0. The van der Waals surface area contributed by atoms with Crippen molar-refractivity contribution in [1.82, 2.24) is 10.3 Å². The van der Waals surface area contributed by atoms with Crippen molar-refractivity contribution in [3.63, 3.8) is 0 Å². The number of aromatic nitrogens is 1. The second-order valence-corrected chi connectivity index (χ2v) is 4.38. The van der Waals surface area contributed by atoms with Crippen LogP contribution in [0.15, 0.2) is 22.6 Å². The Bertz CT molecular complexity index is 546. The minimum atomic E-state index is 0.121. The molecule has 0 saturated heterocycles. The number of nitrogens with one attached hydrogen (secondary N) is 1. The molecule has 0 aliphatic rings. The van der Waals surface area contributed by atoms with Crippen LogP contribution in [-0.4, -0.2) is 17.4 Å². The van der Waals surface area contributed by atoms with Gasteiger partial charge in [0.15, 0.2) is 11.5 Å². The molecule has 0 spiro atoms. The zero-order valence-corrected chi connectivity index (χ0v) is 10.8. The number of aryl methyl sites for hydroxylation is 1. The fraction of sp³-hybridized carbons (Fsp3) is 0.429. The van der Waals surface area contributed by atoms with Crippen LogP contribution >= 0.6 is 0 Å².